The Morgan fingerprint density at radius 1 is 0.310 bits per heavy atom. The quantitative estimate of drug-likeness (QED) is 0.142. The Morgan fingerprint density at radius 3 is 0.595 bits per heavy atom. The monoisotopic (exact) mass is 723 g/mol. The van der Waals surface area contributed by atoms with Gasteiger partial charge in [-0.1, -0.05) is 0 Å². The molecule has 0 unspecified atom stereocenters. The standard InChI is InChI=1S/C12HF25O3S.Na/c13-1(14,3(17,18)5(21,22)7(25,26)9(29,30)11(33,34)35)2(15,16)4(19,20)6(23,24)8(27,28)10(31,32)12(36,37)41(38,39)40;/h(H,38,39,40);. The van der Waals surface area contributed by atoms with Gasteiger partial charge in [-0.15, -0.1) is 0 Å². The summed E-state index contributed by atoms with van der Waals surface area (Å²) in [6.45, 7) is 0. The minimum Gasteiger partial charge on any atom is -0.281 e. The fourth-order valence-corrected chi connectivity index (χ4v) is 2.55. The van der Waals surface area contributed by atoms with Gasteiger partial charge in [0.15, 0.2) is 0 Å². The molecule has 0 aliphatic heterocycles. The molecule has 30 heteroatoms. The zero-order valence-electron chi connectivity index (χ0n) is 18.1. The molecular formula is C12HF25NaO3S. The topological polar surface area (TPSA) is 54.4 Å². The van der Waals surface area contributed by atoms with E-state index >= 15 is 0 Å². The molecule has 249 valence electrons. The second-order valence-electron chi connectivity index (χ2n) is 7.23. The maximum absolute atomic E-state index is 13.5. The predicted octanol–water partition coefficient (Wildman–Crippen LogP) is 7.00. The molecule has 3 nitrogen and oxygen atoms in total. The summed E-state index contributed by atoms with van der Waals surface area (Å²) in [5, 5.41) is -8.22. The summed E-state index contributed by atoms with van der Waals surface area (Å²) in [5.41, 5.74) is 0. The van der Waals surface area contributed by atoms with Crippen LogP contribution in [0.2, 0.25) is 0 Å². The van der Waals surface area contributed by atoms with Gasteiger partial charge >= 0.3 is 80.8 Å². The van der Waals surface area contributed by atoms with Crippen LogP contribution in [0, 0.1) is 0 Å². The molecule has 0 aliphatic rings. The third-order valence-electron chi connectivity index (χ3n) is 4.59. The molecule has 0 heterocycles. The smallest absolute Gasteiger partial charge is 0.281 e. The van der Waals surface area contributed by atoms with Crippen LogP contribution in [-0.2, 0) is 10.1 Å². The maximum atomic E-state index is 13.5. The Morgan fingerprint density at radius 2 is 0.452 bits per heavy atom. The third-order valence-corrected chi connectivity index (χ3v) is 5.50. The van der Waals surface area contributed by atoms with E-state index < -0.39 is 80.8 Å². The van der Waals surface area contributed by atoms with Crippen LogP contribution in [0.1, 0.15) is 0 Å². The summed E-state index contributed by atoms with van der Waals surface area (Å²) in [7, 11) is -8.24. The van der Waals surface area contributed by atoms with Crippen LogP contribution < -0.4 is 0 Å². The minimum absolute atomic E-state index is 0. The van der Waals surface area contributed by atoms with E-state index in [0.717, 1.165) is 0 Å². The first-order valence-corrected chi connectivity index (χ1v) is 9.63. The van der Waals surface area contributed by atoms with Crippen molar-refractivity contribution >= 4 is 39.7 Å². The van der Waals surface area contributed by atoms with E-state index in [1.54, 1.807) is 0 Å². The molecule has 42 heavy (non-hydrogen) atoms. The van der Waals surface area contributed by atoms with Crippen molar-refractivity contribution in [3.63, 3.8) is 0 Å². The van der Waals surface area contributed by atoms with Gasteiger partial charge in [0.1, 0.15) is 0 Å². The van der Waals surface area contributed by atoms with E-state index in [4.69, 9.17) is 4.55 Å². The minimum atomic E-state index is -9.76. The van der Waals surface area contributed by atoms with Gasteiger partial charge in [0.05, 0.1) is 0 Å². The molecule has 1 N–H and O–H groups in total. The van der Waals surface area contributed by atoms with E-state index in [-0.39, 0.29) is 29.6 Å². The Labute approximate surface area is 233 Å². The van der Waals surface area contributed by atoms with Crippen molar-refractivity contribution in [1.29, 1.82) is 0 Å². The first-order valence-electron chi connectivity index (χ1n) is 8.19. The first kappa shape index (κ1) is 43.3. The van der Waals surface area contributed by atoms with Gasteiger partial charge in [-0.3, -0.25) is 4.55 Å². The Hall–Kier alpha value is -0.840. The van der Waals surface area contributed by atoms with Crippen molar-refractivity contribution < 1.29 is 123 Å². The van der Waals surface area contributed by atoms with Gasteiger partial charge in [0.2, 0.25) is 0 Å². The number of hydrogen-bond acceptors (Lipinski definition) is 2. The average Bonchev–Trinajstić information content (AvgIpc) is 2.70. The number of alkyl halides is 25. The van der Waals surface area contributed by atoms with Gasteiger partial charge in [0.25, 0.3) is 0 Å². The van der Waals surface area contributed by atoms with Crippen LogP contribution >= 0.6 is 0 Å². The summed E-state index contributed by atoms with van der Waals surface area (Å²) in [6.07, 6.45) is -8.23. The van der Waals surface area contributed by atoms with E-state index in [0.29, 0.717) is 0 Å². The molecule has 0 atom stereocenters. The summed E-state index contributed by atoms with van der Waals surface area (Å²) in [6, 6.07) is 0. The van der Waals surface area contributed by atoms with E-state index in [1.165, 1.54) is 0 Å². The molecule has 1 radical (unpaired) electrons. The molecule has 0 rings (SSSR count). The number of halogens is 25. The largest absolute Gasteiger partial charge is 0.460 e. The molecule has 0 amide bonds. The Bertz CT molecular complexity index is 1100. The second-order valence-corrected chi connectivity index (χ2v) is 8.70. The molecule has 0 spiro atoms. The third kappa shape index (κ3) is 4.97. The van der Waals surface area contributed by atoms with Crippen LogP contribution in [0.4, 0.5) is 110 Å². The SMILES string of the molecule is O=S(=O)(O)C(F)(F)C(F)(F)C(F)(F)C(F)(F)C(F)(F)C(F)(F)C(F)(F)C(F)(F)C(F)(F)C(F)(F)C(F)(F)C(F)(F)F.[Na]. The Kier molecular flexibility index (Phi) is 10.7. The van der Waals surface area contributed by atoms with E-state index in [1.807, 2.05) is 0 Å². The fourth-order valence-electron chi connectivity index (χ4n) is 2.10. The molecule has 0 fully saturated rings. The maximum Gasteiger partial charge on any atom is 0.460 e. The van der Waals surface area contributed by atoms with Gasteiger partial charge in [-0.2, -0.15) is 118 Å². The summed E-state index contributed by atoms with van der Waals surface area (Å²) >= 11 is 0. The molecule has 0 aliphatic carbocycles. The van der Waals surface area contributed by atoms with Gasteiger partial charge in [-0.05, 0) is 0 Å². The average molecular weight is 723 g/mol. The van der Waals surface area contributed by atoms with Crippen molar-refractivity contribution in [3.8, 4) is 0 Å². The van der Waals surface area contributed by atoms with Crippen LogP contribution in [0.3, 0.4) is 0 Å². The molecule has 0 aromatic heterocycles. The van der Waals surface area contributed by atoms with Crippen molar-refractivity contribution in [2.75, 3.05) is 0 Å². The van der Waals surface area contributed by atoms with Crippen molar-refractivity contribution in [2.24, 2.45) is 0 Å². The molecule has 0 aromatic carbocycles. The van der Waals surface area contributed by atoms with Crippen LogP contribution in [0.5, 0.6) is 0 Å². The molecular weight excluding hydrogens is 722 g/mol. The molecule has 0 aromatic rings. The number of hydrogen-bond donors (Lipinski definition) is 1. The van der Waals surface area contributed by atoms with Crippen LogP contribution in [0.25, 0.3) is 0 Å². The molecule has 0 bridgehead atoms. The van der Waals surface area contributed by atoms with Gasteiger partial charge in [-0.25, -0.2) is 0 Å². The van der Waals surface area contributed by atoms with E-state index in [2.05, 4.69) is 0 Å². The predicted molar refractivity (Wildman–Crippen MR) is 77.8 cm³/mol. The summed E-state index contributed by atoms with van der Waals surface area (Å²) in [5.74, 6) is -94.0. The van der Waals surface area contributed by atoms with Crippen molar-refractivity contribution in [2.45, 2.75) is 70.7 Å². The zero-order valence-corrected chi connectivity index (χ0v) is 20.9. The van der Waals surface area contributed by atoms with Crippen molar-refractivity contribution in [3.05, 3.63) is 0 Å². The van der Waals surface area contributed by atoms with E-state index in [9.17, 15) is 118 Å². The Balaban J connectivity index is 0. The fraction of sp³-hybridized carbons (Fsp3) is 1.00. The number of rotatable bonds is 11. The first-order chi connectivity index (χ1) is 17.0. The van der Waals surface area contributed by atoms with Gasteiger partial charge in [0, 0.05) is 29.6 Å². The normalized spacial score (nSPS) is 16.8. The molecule has 0 saturated heterocycles. The molecule has 0 saturated carbocycles. The van der Waals surface area contributed by atoms with Crippen molar-refractivity contribution in [1.82, 2.24) is 0 Å². The van der Waals surface area contributed by atoms with Crippen LogP contribution in [0.15, 0.2) is 0 Å². The summed E-state index contributed by atoms with van der Waals surface area (Å²) < 4.78 is 355. The van der Waals surface area contributed by atoms with Crippen LogP contribution in [-0.4, -0.2) is 113 Å². The summed E-state index contributed by atoms with van der Waals surface area (Å²) in [4.78, 5) is 0. The van der Waals surface area contributed by atoms with Gasteiger partial charge < -0.3 is 0 Å². The second kappa shape index (κ2) is 10.3. The zero-order chi connectivity index (χ0) is 34.5.